The van der Waals surface area contributed by atoms with E-state index in [0.717, 1.165) is 25.9 Å². The minimum absolute atomic E-state index is 0.155. The van der Waals surface area contributed by atoms with Gasteiger partial charge in [0, 0.05) is 17.1 Å². The van der Waals surface area contributed by atoms with Gasteiger partial charge in [0.15, 0.2) is 0 Å². The van der Waals surface area contributed by atoms with Crippen molar-refractivity contribution in [2.24, 2.45) is 0 Å². The van der Waals surface area contributed by atoms with Crippen molar-refractivity contribution < 1.29 is 13.2 Å². The largest absolute Gasteiger partial charge is 0.349 e. The van der Waals surface area contributed by atoms with E-state index in [-0.39, 0.29) is 16.8 Å². The average molecular weight is 353 g/mol. The number of piperidine rings is 1. The van der Waals surface area contributed by atoms with Gasteiger partial charge in [-0.3, -0.25) is 4.79 Å². The molecule has 7 heteroatoms. The molecule has 24 heavy (non-hydrogen) atoms. The van der Waals surface area contributed by atoms with Crippen LogP contribution in [-0.2, 0) is 10.0 Å². The van der Waals surface area contributed by atoms with E-state index in [4.69, 9.17) is 0 Å². The highest BCUT2D eigenvalue weighted by molar-refractivity contribution is 7.89. The molecule has 1 aliphatic heterocycles. The molecule has 0 atom stereocenters. The fourth-order valence-electron chi connectivity index (χ4n) is 2.67. The quantitative estimate of drug-likeness (QED) is 0.862. The van der Waals surface area contributed by atoms with E-state index >= 15 is 0 Å². The summed E-state index contributed by atoms with van der Waals surface area (Å²) in [5.74, 6) is -0.155. The number of likely N-dealkylation sites (tertiary alicyclic amines) is 1. The van der Waals surface area contributed by atoms with Gasteiger partial charge in [-0.2, -0.15) is 0 Å². The van der Waals surface area contributed by atoms with E-state index in [2.05, 4.69) is 22.0 Å². The molecular formula is C17H27N3O3S. The van der Waals surface area contributed by atoms with E-state index in [9.17, 15) is 13.2 Å². The Kier molecular flexibility index (Phi) is 5.67. The Bertz CT molecular complexity index is 670. The third kappa shape index (κ3) is 5.29. The number of sulfonamides is 1. The Labute approximate surface area is 144 Å². The van der Waals surface area contributed by atoms with Crippen molar-refractivity contribution in [2.45, 2.75) is 50.1 Å². The van der Waals surface area contributed by atoms with Gasteiger partial charge in [0.2, 0.25) is 10.0 Å². The van der Waals surface area contributed by atoms with Crippen molar-refractivity contribution in [1.29, 1.82) is 0 Å². The van der Waals surface area contributed by atoms with E-state index in [0.29, 0.717) is 5.56 Å². The van der Waals surface area contributed by atoms with Crippen molar-refractivity contribution in [2.75, 3.05) is 20.1 Å². The number of benzene rings is 1. The van der Waals surface area contributed by atoms with E-state index in [1.807, 2.05) is 0 Å². The Morgan fingerprint density at radius 1 is 1.12 bits per heavy atom. The SMILES string of the molecule is CN1CCC(NC(=O)c2ccc(S(=O)(=O)NC(C)(C)C)cc2)CC1. The lowest BCUT2D eigenvalue weighted by atomic mass is 10.0. The van der Waals surface area contributed by atoms with Crippen molar-refractivity contribution in [3.8, 4) is 0 Å². The zero-order valence-corrected chi connectivity index (χ0v) is 15.6. The minimum atomic E-state index is -3.58. The maximum Gasteiger partial charge on any atom is 0.251 e. The van der Waals surface area contributed by atoms with Crippen LogP contribution in [0.15, 0.2) is 29.2 Å². The molecule has 0 spiro atoms. The first-order chi connectivity index (χ1) is 11.1. The molecule has 0 unspecified atom stereocenters. The zero-order valence-electron chi connectivity index (χ0n) is 14.8. The zero-order chi connectivity index (χ0) is 18.0. The van der Waals surface area contributed by atoms with Crippen LogP contribution in [0.1, 0.15) is 44.0 Å². The van der Waals surface area contributed by atoms with E-state index in [1.54, 1.807) is 32.9 Å². The molecule has 0 bridgehead atoms. The van der Waals surface area contributed by atoms with Gasteiger partial charge in [-0.05, 0) is 78.0 Å². The second kappa shape index (κ2) is 7.21. The molecule has 1 aliphatic rings. The lowest BCUT2D eigenvalue weighted by molar-refractivity contribution is 0.0916. The summed E-state index contributed by atoms with van der Waals surface area (Å²) in [5.41, 5.74) is -0.0770. The van der Waals surface area contributed by atoms with Crippen LogP contribution in [0.25, 0.3) is 0 Å². The summed E-state index contributed by atoms with van der Waals surface area (Å²) in [6, 6.07) is 6.23. The van der Waals surface area contributed by atoms with Gasteiger partial charge in [-0.1, -0.05) is 0 Å². The molecular weight excluding hydrogens is 326 g/mol. The summed E-state index contributed by atoms with van der Waals surface area (Å²) in [6.07, 6.45) is 1.87. The molecule has 2 N–H and O–H groups in total. The number of hydrogen-bond donors (Lipinski definition) is 2. The molecule has 2 rings (SSSR count). The molecule has 0 aliphatic carbocycles. The van der Waals surface area contributed by atoms with Crippen LogP contribution >= 0.6 is 0 Å². The number of amides is 1. The number of nitrogens with zero attached hydrogens (tertiary/aromatic N) is 1. The smallest absolute Gasteiger partial charge is 0.251 e. The van der Waals surface area contributed by atoms with Gasteiger partial charge in [-0.15, -0.1) is 0 Å². The standard InChI is InChI=1S/C17H27N3O3S/c1-17(2,3)19-24(22,23)15-7-5-13(6-8-15)16(21)18-14-9-11-20(4)12-10-14/h5-8,14,19H,9-12H2,1-4H3,(H,18,21). The normalized spacial score (nSPS) is 17.7. The molecule has 1 aromatic rings. The van der Waals surface area contributed by atoms with Gasteiger partial charge in [0.1, 0.15) is 0 Å². The third-order valence-electron chi connectivity index (χ3n) is 3.92. The van der Waals surface area contributed by atoms with Crippen LogP contribution in [0.2, 0.25) is 0 Å². The lowest BCUT2D eigenvalue weighted by Crippen LogP contribution is -2.43. The maximum atomic E-state index is 12.3. The summed E-state index contributed by atoms with van der Waals surface area (Å²) >= 11 is 0. The van der Waals surface area contributed by atoms with Gasteiger partial charge in [0.05, 0.1) is 4.90 Å². The highest BCUT2D eigenvalue weighted by Crippen LogP contribution is 2.15. The van der Waals surface area contributed by atoms with Gasteiger partial charge < -0.3 is 10.2 Å². The van der Waals surface area contributed by atoms with Gasteiger partial charge in [0.25, 0.3) is 5.91 Å². The summed E-state index contributed by atoms with van der Waals surface area (Å²) in [7, 11) is -1.51. The predicted octanol–water partition coefficient (Wildman–Crippen LogP) is 1.59. The first-order valence-electron chi connectivity index (χ1n) is 8.20. The molecule has 0 saturated carbocycles. The Hall–Kier alpha value is -1.44. The fourth-order valence-corrected chi connectivity index (χ4v) is 4.09. The molecule has 0 aromatic heterocycles. The summed E-state index contributed by atoms with van der Waals surface area (Å²) in [5, 5.41) is 3.02. The number of hydrogen-bond acceptors (Lipinski definition) is 4. The second-order valence-corrected chi connectivity index (χ2v) is 9.11. The number of nitrogens with one attached hydrogen (secondary N) is 2. The van der Waals surface area contributed by atoms with Crippen LogP contribution in [-0.4, -0.2) is 50.9 Å². The van der Waals surface area contributed by atoms with Crippen molar-refractivity contribution >= 4 is 15.9 Å². The monoisotopic (exact) mass is 353 g/mol. The summed E-state index contributed by atoms with van der Waals surface area (Å²) < 4.78 is 27.1. The number of rotatable bonds is 4. The molecule has 0 radical (unpaired) electrons. The first-order valence-corrected chi connectivity index (χ1v) is 9.69. The van der Waals surface area contributed by atoms with Crippen molar-refractivity contribution in [3.63, 3.8) is 0 Å². The van der Waals surface area contributed by atoms with Gasteiger partial charge >= 0.3 is 0 Å². The van der Waals surface area contributed by atoms with Crippen LogP contribution in [0.3, 0.4) is 0 Å². The Morgan fingerprint density at radius 2 is 1.67 bits per heavy atom. The van der Waals surface area contributed by atoms with Gasteiger partial charge in [-0.25, -0.2) is 13.1 Å². The molecule has 6 nitrogen and oxygen atoms in total. The molecule has 1 amide bonds. The highest BCUT2D eigenvalue weighted by atomic mass is 32.2. The molecule has 1 aromatic carbocycles. The fraction of sp³-hybridized carbons (Fsp3) is 0.588. The first kappa shape index (κ1) is 18.9. The van der Waals surface area contributed by atoms with Crippen LogP contribution < -0.4 is 10.0 Å². The lowest BCUT2D eigenvalue weighted by Gasteiger charge is -2.29. The Morgan fingerprint density at radius 3 is 2.17 bits per heavy atom. The van der Waals surface area contributed by atoms with E-state index in [1.165, 1.54) is 12.1 Å². The van der Waals surface area contributed by atoms with Crippen molar-refractivity contribution in [3.05, 3.63) is 29.8 Å². The average Bonchev–Trinajstić information content (AvgIpc) is 2.47. The van der Waals surface area contributed by atoms with Crippen LogP contribution in [0.5, 0.6) is 0 Å². The predicted molar refractivity (Wildman–Crippen MR) is 94.5 cm³/mol. The summed E-state index contributed by atoms with van der Waals surface area (Å²) in [6.45, 7) is 7.30. The topological polar surface area (TPSA) is 78.5 Å². The van der Waals surface area contributed by atoms with Crippen molar-refractivity contribution in [1.82, 2.24) is 14.9 Å². The number of carbonyl (C=O) groups is 1. The Balaban J connectivity index is 2.02. The summed E-state index contributed by atoms with van der Waals surface area (Å²) in [4.78, 5) is 14.7. The third-order valence-corrected chi connectivity index (χ3v) is 5.70. The molecule has 1 heterocycles. The van der Waals surface area contributed by atoms with E-state index < -0.39 is 15.6 Å². The number of carbonyl (C=O) groups excluding carboxylic acids is 1. The highest BCUT2D eigenvalue weighted by Gasteiger charge is 2.23. The van der Waals surface area contributed by atoms with Crippen LogP contribution in [0, 0.1) is 0 Å². The minimum Gasteiger partial charge on any atom is -0.349 e. The van der Waals surface area contributed by atoms with Crippen LogP contribution in [0.4, 0.5) is 0 Å². The second-order valence-electron chi connectivity index (χ2n) is 7.43. The molecule has 1 fully saturated rings. The molecule has 1 saturated heterocycles. The maximum absolute atomic E-state index is 12.3. The molecule has 134 valence electrons.